The normalized spacial score (nSPS) is 12.3. The average Bonchev–Trinajstić information content (AvgIpc) is 3.07. The van der Waals surface area contributed by atoms with E-state index in [0.29, 0.717) is 6.54 Å². The number of hydrogen-bond acceptors (Lipinski definition) is 5. The summed E-state index contributed by atoms with van der Waals surface area (Å²) in [6.07, 6.45) is 0.918. The lowest BCUT2D eigenvalue weighted by atomic mass is 10.0. The van der Waals surface area contributed by atoms with Crippen molar-refractivity contribution in [2.45, 2.75) is 19.0 Å². The first kappa shape index (κ1) is 17.7. The van der Waals surface area contributed by atoms with Crippen LogP contribution in [-0.2, 0) is 13.0 Å². The second-order valence-corrected chi connectivity index (χ2v) is 6.91. The first-order valence-electron chi connectivity index (χ1n) is 8.34. The second-order valence-electron chi connectivity index (χ2n) is 6.00. The Morgan fingerprint density at radius 3 is 2.48 bits per heavy atom. The SMILES string of the molecule is COc1cc(CNC(CN)Cc2csc3ccccc23)cc(OC)c1. The Morgan fingerprint density at radius 1 is 1.08 bits per heavy atom. The lowest BCUT2D eigenvalue weighted by Crippen LogP contribution is -2.37. The molecular formula is C20H24N2O2S. The number of benzene rings is 2. The minimum atomic E-state index is 0.218. The van der Waals surface area contributed by atoms with E-state index in [0.717, 1.165) is 30.0 Å². The number of nitrogens with two attached hydrogens (primary N) is 1. The summed E-state index contributed by atoms with van der Waals surface area (Å²) in [6, 6.07) is 14.6. The molecule has 0 amide bonds. The fourth-order valence-electron chi connectivity index (χ4n) is 2.93. The number of rotatable bonds is 8. The van der Waals surface area contributed by atoms with Crippen molar-refractivity contribution in [3.8, 4) is 11.5 Å². The van der Waals surface area contributed by atoms with Crippen molar-refractivity contribution in [2.24, 2.45) is 5.73 Å². The molecule has 3 aromatic rings. The third kappa shape index (κ3) is 4.31. The molecule has 0 fully saturated rings. The Kier molecular flexibility index (Phi) is 5.91. The van der Waals surface area contributed by atoms with Gasteiger partial charge in [0.05, 0.1) is 14.2 Å². The first-order valence-corrected chi connectivity index (χ1v) is 9.22. The van der Waals surface area contributed by atoms with Crippen LogP contribution in [0.5, 0.6) is 11.5 Å². The van der Waals surface area contributed by atoms with E-state index in [9.17, 15) is 0 Å². The second kappa shape index (κ2) is 8.34. The highest BCUT2D eigenvalue weighted by Gasteiger charge is 2.12. The van der Waals surface area contributed by atoms with Gasteiger partial charge < -0.3 is 20.5 Å². The zero-order valence-electron chi connectivity index (χ0n) is 14.6. The van der Waals surface area contributed by atoms with Gasteiger partial charge in [-0.2, -0.15) is 0 Å². The highest BCUT2D eigenvalue weighted by Crippen LogP contribution is 2.27. The molecule has 4 nitrogen and oxygen atoms in total. The number of thiophene rings is 1. The van der Waals surface area contributed by atoms with Crippen LogP contribution < -0.4 is 20.5 Å². The molecule has 1 unspecified atom stereocenters. The molecule has 3 rings (SSSR count). The third-order valence-corrected chi connectivity index (χ3v) is 5.33. The van der Waals surface area contributed by atoms with Crippen LogP contribution in [0.15, 0.2) is 47.8 Å². The quantitative estimate of drug-likeness (QED) is 0.648. The highest BCUT2D eigenvalue weighted by molar-refractivity contribution is 7.17. The molecule has 0 spiro atoms. The average molecular weight is 356 g/mol. The molecule has 25 heavy (non-hydrogen) atoms. The zero-order chi connectivity index (χ0) is 17.6. The standard InChI is InChI=1S/C20H24N2O2S/c1-23-17-7-14(8-18(10-17)24-2)12-22-16(11-21)9-15-13-25-20-6-4-3-5-19(15)20/h3-8,10,13,16,22H,9,11-12,21H2,1-2H3. The van der Waals surface area contributed by atoms with Gasteiger partial charge in [-0.1, -0.05) is 18.2 Å². The molecule has 132 valence electrons. The summed E-state index contributed by atoms with van der Waals surface area (Å²) in [4.78, 5) is 0. The van der Waals surface area contributed by atoms with Gasteiger partial charge in [-0.05, 0) is 46.5 Å². The summed E-state index contributed by atoms with van der Waals surface area (Å²) in [6.45, 7) is 1.31. The molecule has 0 bridgehead atoms. The molecule has 0 saturated carbocycles. The van der Waals surface area contributed by atoms with E-state index in [2.05, 4.69) is 35.0 Å². The van der Waals surface area contributed by atoms with Gasteiger partial charge in [-0.3, -0.25) is 0 Å². The van der Waals surface area contributed by atoms with E-state index in [1.54, 1.807) is 25.6 Å². The van der Waals surface area contributed by atoms with E-state index in [-0.39, 0.29) is 6.04 Å². The maximum atomic E-state index is 6.00. The molecular weight excluding hydrogens is 332 g/mol. The summed E-state index contributed by atoms with van der Waals surface area (Å²) in [5.41, 5.74) is 8.47. The lowest BCUT2D eigenvalue weighted by molar-refractivity contribution is 0.392. The Hall–Kier alpha value is -2.08. The van der Waals surface area contributed by atoms with Crippen molar-refractivity contribution in [1.82, 2.24) is 5.32 Å². The molecule has 0 aliphatic heterocycles. The van der Waals surface area contributed by atoms with Crippen molar-refractivity contribution >= 4 is 21.4 Å². The molecule has 0 radical (unpaired) electrons. The van der Waals surface area contributed by atoms with Gasteiger partial charge in [0.2, 0.25) is 0 Å². The topological polar surface area (TPSA) is 56.5 Å². The highest BCUT2D eigenvalue weighted by atomic mass is 32.1. The Morgan fingerprint density at radius 2 is 1.80 bits per heavy atom. The first-order chi connectivity index (χ1) is 12.2. The van der Waals surface area contributed by atoms with Crippen molar-refractivity contribution < 1.29 is 9.47 Å². The maximum Gasteiger partial charge on any atom is 0.122 e. The van der Waals surface area contributed by atoms with Crippen LogP contribution in [0.1, 0.15) is 11.1 Å². The van der Waals surface area contributed by atoms with E-state index < -0.39 is 0 Å². The molecule has 0 aliphatic rings. The van der Waals surface area contributed by atoms with Gasteiger partial charge >= 0.3 is 0 Å². The minimum absolute atomic E-state index is 0.218. The van der Waals surface area contributed by atoms with Gasteiger partial charge in [-0.15, -0.1) is 11.3 Å². The fourth-order valence-corrected chi connectivity index (χ4v) is 3.90. The molecule has 1 atom stereocenters. The molecule has 0 aliphatic carbocycles. The molecule has 3 N–H and O–H groups in total. The number of methoxy groups -OCH3 is 2. The van der Waals surface area contributed by atoms with Crippen molar-refractivity contribution in [2.75, 3.05) is 20.8 Å². The van der Waals surface area contributed by atoms with E-state index >= 15 is 0 Å². The Labute approximate surface area is 152 Å². The predicted octanol–water partition coefficient (Wildman–Crippen LogP) is 3.58. The lowest BCUT2D eigenvalue weighted by Gasteiger charge is -2.17. The summed E-state index contributed by atoms with van der Waals surface area (Å²) >= 11 is 1.79. The van der Waals surface area contributed by atoms with Crippen LogP contribution in [0.2, 0.25) is 0 Å². The van der Waals surface area contributed by atoms with Crippen LogP contribution in [0.25, 0.3) is 10.1 Å². The van der Waals surface area contributed by atoms with Crippen LogP contribution in [0.3, 0.4) is 0 Å². The van der Waals surface area contributed by atoms with Crippen LogP contribution in [0, 0.1) is 0 Å². The van der Waals surface area contributed by atoms with Gasteiger partial charge in [-0.25, -0.2) is 0 Å². The third-order valence-electron chi connectivity index (χ3n) is 4.32. The van der Waals surface area contributed by atoms with Crippen molar-refractivity contribution in [3.05, 3.63) is 59.0 Å². The summed E-state index contributed by atoms with van der Waals surface area (Å²) in [7, 11) is 3.33. The fraction of sp³-hybridized carbons (Fsp3) is 0.300. The van der Waals surface area contributed by atoms with Gasteiger partial charge in [0.15, 0.2) is 0 Å². The predicted molar refractivity (Wildman–Crippen MR) is 105 cm³/mol. The Bertz CT molecular complexity index is 809. The van der Waals surface area contributed by atoms with Gasteiger partial charge in [0.1, 0.15) is 11.5 Å². The summed E-state index contributed by atoms with van der Waals surface area (Å²) in [5, 5.41) is 7.13. The smallest absolute Gasteiger partial charge is 0.122 e. The van der Waals surface area contributed by atoms with Crippen LogP contribution >= 0.6 is 11.3 Å². The zero-order valence-corrected chi connectivity index (χ0v) is 15.4. The van der Waals surface area contributed by atoms with E-state index in [1.807, 2.05) is 18.2 Å². The molecule has 2 aromatic carbocycles. The van der Waals surface area contributed by atoms with Crippen molar-refractivity contribution in [1.29, 1.82) is 0 Å². The molecule has 1 heterocycles. The molecule has 5 heteroatoms. The van der Waals surface area contributed by atoms with Gasteiger partial charge in [0, 0.05) is 29.9 Å². The summed E-state index contributed by atoms with van der Waals surface area (Å²) in [5.74, 6) is 1.59. The van der Waals surface area contributed by atoms with E-state index in [1.165, 1.54) is 15.6 Å². The Balaban J connectivity index is 1.68. The number of ether oxygens (including phenoxy) is 2. The van der Waals surface area contributed by atoms with Crippen LogP contribution in [-0.4, -0.2) is 26.8 Å². The molecule has 0 saturated heterocycles. The number of hydrogen-bond donors (Lipinski definition) is 2. The number of nitrogens with one attached hydrogen (secondary N) is 1. The summed E-state index contributed by atoms with van der Waals surface area (Å²) < 4.78 is 12.0. The number of fused-ring (bicyclic) bond motifs is 1. The van der Waals surface area contributed by atoms with Crippen LogP contribution in [0.4, 0.5) is 0 Å². The maximum absolute atomic E-state index is 6.00. The molecule has 1 aromatic heterocycles. The minimum Gasteiger partial charge on any atom is -0.497 e. The largest absolute Gasteiger partial charge is 0.497 e. The van der Waals surface area contributed by atoms with E-state index in [4.69, 9.17) is 15.2 Å². The van der Waals surface area contributed by atoms with Crippen molar-refractivity contribution in [3.63, 3.8) is 0 Å². The van der Waals surface area contributed by atoms with Gasteiger partial charge in [0.25, 0.3) is 0 Å². The monoisotopic (exact) mass is 356 g/mol.